The second-order valence-electron chi connectivity index (χ2n) is 5.17. The molecule has 0 aliphatic rings. The molecule has 1 N–H and O–H groups in total. The van der Waals surface area contributed by atoms with Gasteiger partial charge in [-0.1, -0.05) is 36.7 Å². The zero-order valence-electron chi connectivity index (χ0n) is 10.2. The van der Waals surface area contributed by atoms with Gasteiger partial charge in [-0.25, -0.2) is 17.2 Å². The predicted molar refractivity (Wildman–Crippen MR) is 70.9 cm³/mol. The highest BCUT2D eigenvalue weighted by molar-refractivity contribution is 9.10. The van der Waals surface area contributed by atoms with Gasteiger partial charge >= 0.3 is 0 Å². The number of hydrogen-bond acceptors (Lipinski definition) is 2. The van der Waals surface area contributed by atoms with Gasteiger partial charge in [-0.05, 0) is 17.5 Å². The van der Waals surface area contributed by atoms with Gasteiger partial charge in [-0.3, -0.25) is 4.72 Å². The maximum Gasteiger partial charge on any atom is 0.233 e. The lowest BCUT2D eigenvalue weighted by atomic mass is 10.0. The van der Waals surface area contributed by atoms with Crippen LogP contribution in [0.2, 0.25) is 0 Å². The lowest BCUT2D eigenvalue weighted by molar-refractivity contribution is 0.463. The second-order valence-corrected chi connectivity index (χ2v) is 7.80. The van der Waals surface area contributed by atoms with Crippen LogP contribution in [-0.2, 0) is 10.0 Å². The molecule has 0 atom stereocenters. The smallest absolute Gasteiger partial charge is 0.233 e. The number of nitrogens with one attached hydrogen (secondary N) is 1. The standard InChI is InChI=1S/C11H14BrF2NO2S/c1-11(2,3)6-18(16,17)15-10-8(13)4-7(12)5-9(10)14/h4-5,15H,6H2,1-3H3. The predicted octanol–water partition coefficient (Wildman–Crippen LogP) is 3.52. The first kappa shape index (κ1) is 15.4. The van der Waals surface area contributed by atoms with Crippen LogP contribution >= 0.6 is 15.9 Å². The summed E-state index contributed by atoms with van der Waals surface area (Å²) in [6, 6.07) is 2.00. The Morgan fingerprint density at radius 3 is 2.06 bits per heavy atom. The molecule has 0 heterocycles. The highest BCUT2D eigenvalue weighted by atomic mass is 79.9. The number of halogens is 3. The summed E-state index contributed by atoms with van der Waals surface area (Å²) in [5.41, 5.74) is -1.16. The summed E-state index contributed by atoms with van der Waals surface area (Å²) in [6.07, 6.45) is 0. The number of rotatable bonds is 3. The molecule has 18 heavy (non-hydrogen) atoms. The van der Waals surface area contributed by atoms with Gasteiger partial charge in [0.1, 0.15) is 5.69 Å². The third kappa shape index (κ3) is 4.53. The van der Waals surface area contributed by atoms with E-state index in [0.29, 0.717) is 0 Å². The highest BCUT2D eigenvalue weighted by Crippen LogP contribution is 2.26. The Balaban J connectivity index is 3.06. The molecule has 7 heteroatoms. The van der Waals surface area contributed by atoms with E-state index >= 15 is 0 Å². The summed E-state index contributed by atoms with van der Waals surface area (Å²) < 4.78 is 52.6. The van der Waals surface area contributed by atoms with Gasteiger partial charge in [-0.2, -0.15) is 0 Å². The van der Waals surface area contributed by atoms with E-state index in [2.05, 4.69) is 15.9 Å². The Hall–Kier alpha value is -0.690. The van der Waals surface area contributed by atoms with Crippen LogP contribution in [0.25, 0.3) is 0 Å². The van der Waals surface area contributed by atoms with Gasteiger partial charge in [-0.15, -0.1) is 0 Å². The Bertz CT molecular complexity index is 530. The fourth-order valence-corrected chi connectivity index (χ4v) is 3.52. The van der Waals surface area contributed by atoms with E-state index in [9.17, 15) is 17.2 Å². The number of benzene rings is 1. The van der Waals surface area contributed by atoms with Crippen molar-refractivity contribution < 1.29 is 17.2 Å². The molecule has 0 aliphatic carbocycles. The first-order valence-corrected chi connectivity index (χ1v) is 7.60. The average Bonchev–Trinajstić information content (AvgIpc) is 2.07. The molecule has 0 aromatic heterocycles. The zero-order valence-corrected chi connectivity index (χ0v) is 12.6. The average molecular weight is 342 g/mol. The number of hydrogen-bond donors (Lipinski definition) is 1. The van der Waals surface area contributed by atoms with Crippen LogP contribution in [0.4, 0.5) is 14.5 Å². The number of anilines is 1. The molecule has 0 amide bonds. The summed E-state index contributed by atoms with van der Waals surface area (Å²) in [5.74, 6) is -2.15. The normalized spacial score (nSPS) is 12.6. The fraction of sp³-hybridized carbons (Fsp3) is 0.455. The number of sulfonamides is 1. The van der Waals surface area contributed by atoms with E-state index in [1.165, 1.54) is 0 Å². The highest BCUT2D eigenvalue weighted by Gasteiger charge is 2.24. The van der Waals surface area contributed by atoms with Crippen LogP contribution < -0.4 is 4.72 Å². The maximum atomic E-state index is 13.5. The maximum absolute atomic E-state index is 13.5. The molecule has 0 saturated carbocycles. The molecule has 0 saturated heterocycles. The molecule has 0 unspecified atom stereocenters. The quantitative estimate of drug-likeness (QED) is 0.914. The van der Waals surface area contributed by atoms with Gasteiger partial charge in [0.15, 0.2) is 11.6 Å². The van der Waals surface area contributed by atoms with Crippen LogP contribution in [0.3, 0.4) is 0 Å². The van der Waals surface area contributed by atoms with Gasteiger partial charge in [0.05, 0.1) is 5.75 Å². The molecular formula is C11H14BrF2NO2S. The van der Waals surface area contributed by atoms with Gasteiger partial charge < -0.3 is 0 Å². The van der Waals surface area contributed by atoms with Crippen LogP contribution in [0.5, 0.6) is 0 Å². The summed E-state index contributed by atoms with van der Waals surface area (Å²) in [7, 11) is -3.80. The lowest BCUT2D eigenvalue weighted by Gasteiger charge is -2.19. The summed E-state index contributed by atoms with van der Waals surface area (Å²) in [5, 5.41) is 0. The summed E-state index contributed by atoms with van der Waals surface area (Å²) in [4.78, 5) is 0. The van der Waals surface area contributed by atoms with Crippen LogP contribution in [-0.4, -0.2) is 14.2 Å². The fourth-order valence-electron chi connectivity index (χ4n) is 1.40. The van der Waals surface area contributed by atoms with E-state index < -0.39 is 32.8 Å². The third-order valence-electron chi connectivity index (χ3n) is 1.89. The Kier molecular flexibility index (Phi) is 4.38. The molecule has 0 radical (unpaired) electrons. The second kappa shape index (κ2) is 5.13. The molecule has 102 valence electrons. The van der Waals surface area contributed by atoms with E-state index in [1.807, 2.05) is 4.72 Å². The minimum atomic E-state index is -3.80. The minimum Gasteiger partial charge on any atom is -0.278 e. The SMILES string of the molecule is CC(C)(C)CS(=O)(=O)Nc1c(F)cc(Br)cc1F. The molecule has 1 aromatic rings. The van der Waals surface area contributed by atoms with Crippen LogP contribution in [0.1, 0.15) is 20.8 Å². The van der Waals surface area contributed by atoms with E-state index in [4.69, 9.17) is 0 Å². The Morgan fingerprint density at radius 2 is 1.67 bits per heavy atom. The van der Waals surface area contributed by atoms with E-state index in [0.717, 1.165) is 12.1 Å². The van der Waals surface area contributed by atoms with E-state index in [-0.39, 0.29) is 10.2 Å². The monoisotopic (exact) mass is 341 g/mol. The van der Waals surface area contributed by atoms with Gasteiger partial charge in [0.2, 0.25) is 10.0 Å². The van der Waals surface area contributed by atoms with Crippen molar-refractivity contribution in [2.24, 2.45) is 5.41 Å². The van der Waals surface area contributed by atoms with Crippen molar-refractivity contribution in [3.8, 4) is 0 Å². The lowest BCUT2D eigenvalue weighted by Crippen LogP contribution is -2.27. The largest absolute Gasteiger partial charge is 0.278 e. The van der Waals surface area contributed by atoms with Crippen molar-refractivity contribution in [2.75, 3.05) is 10.5 Å². The van der Waals surface area contributed by atoms with Crippen molar-refractivity contribution in [3.05, 3.63) is 28.2 Å². The van der Waals surface area contributed by atoms with Crippen molar-refractivity contribution in [2.45, 2.75) is 20.8 Å². The zero-order chi connectivity index (χ0) is 14.1. The minimum absolute atomic E-state index is 0.205. The van der Waals surface area contributed by atoms with Crippen molar-refractivity contribution in [1.82, 2.24) is 0 Å². The molecule has 0 fully saturated rings. The molecule has 0 spiro atoms. The first-order chi connectivity index (χ1) is 8.00. The molecule has 1 rings (SSSR count). The first-order valence-electron chi connectivity index (χ1n) is 5.15. The molecular weight excluding hydrogens is 328 g/mol. The van der Waals surface area contributed by atoms with Gasteiger partial charge in [0.25, 0.3) is 0 Å². The molecule has 0 bridgehead atoms. The van der Waals surface area contributed by atoms with Crippen molar-refractivity contribution in [3.63, 3.8) is 0 Å². The summed E-state index contributed by atoms with van der Waals surface area (Å²) >= 11 is 2.92. The molecule has 1 aromatic carbocycles. The van der Waals surface area contributed by atoms with Crippen LogP contribution in [0, 0.1) is 17.0 Å². The molecule has 3 nitrogen and oxygen atoms in total. The Labute approximate surface area is 114 Å². The molecule has 0 aliphatic heterocycles. The van der Waals surface area contributed by atoms with E-state index in [1.54, 1.807) is 20.8 Å². The van der Waals surface area contributed by atoms with Gasteiger partial charge in [0, 0.05) is 4.47 Å². The van der Waals surface area contributed by atoms with Crippen molar-refractivity contribution in [1.29, 1.82) is 0 Å². The topological polar surface area (TPSA) is 46.2 Å². The Morgan fingerprint density at radius 1 is 1.22 bits per heavy atom. The van der Waals surface area contributed by atoms with Crippen molar-refractivity contribution >= 4 is 31.6 Å². The van der Waals surface area contributed by atoms with Crippen LogP contribution in [0.15, 0.2) is 16.6 Å². The summed E-state index contributed by atoms with van der Waals surface area (Å²) in [6.45, 7) is 5.17. The third-order valence-corrected chi connectivity index (χ3v) is 4.11.